The molecule has 0 unspecified atom stereocenters. The number of aliphatic hydroxyl groups excluding tert-OH is 1. The van der Waals surface area contributed by atoms with Gasteiger partial charge in [-0.05, 0) is 35.6 Å². The lowest BCUT2D eigenvalue weighted by molar-refractivity contribution is 0.174. The van der Waals surface area contributed by atoms with Gasteiger partial charge in [-0.2, -0.15) is 0 Å². The van der Waals surface area contributed by atoms with Crippen LogP contribution < -0.4 is 5.32 Å². The van der Waals surface area contributed by atoms with Gasteiger partial charge in [0.2, 0.25) is 0 Å². The standard InChI is InChI=1S/C18H22N2O2/c21-13-12-20(16-8-9-16)18(22)19-11-10-15-6-3-5-14-4-1-2-7-17(14)15/h1-7,16,21H,8-13H2,(H,19,22). The third-order valence-electron chi connectivity index (χ3n) is 4.14. The van der Waals surface area contributed by atoms with Crippen LogP contribution in [0.4, 0.5) is 4.79 Å². The summed E-state index contributed by atoms with van der Waals surface area (Å²) in [4.78, 5) is 13.9. The van der Waals surface area contributed by atoms with Crippen molar-refractivity contribution >= 4 is 16.8 Å². The maximum atomic E-state index is 12.2. The molecular weight excluding hydrogens is 276 g/mol. The van der Waals surface area contributed by atoms with Crippen molar-refractivity contribution in [3.8, 4) is 0 Å². The highest BCUT2D eigenvalue weighted by Gasteiger charge is 2.31. The van der Waals surface area contributed by atoms with Crippen molar-refractivity contribution in [1.82, 2.24) is 10.2 Å². The molecule has 0 spiro atoms. The molecular formula is C18H22N2O2. The summed E-state index contributed by atoms with van der Waals surface area (Å²) in [5, 5.41) is 14.5. The zero-order chi connectivity index (χ0) is 15.4. The van der Waals surface area contributed by atoms with E-state index in [1.807, 2.05) is 12.1 Å². The van der Waals surface area contributed by atoms with Gasteiger partial charge in [0.25, 0.3) is 0 Å². The van der Waals surface area contributed by atoms with Crippen molar-refractivity contribution < 1.29 is 9.90 Å². The summed E-state index contributed by atoms with van der Waals surface area (Å²) in [6, 6.07) is 14.8. The molecule has 2 aromatic carbocycles. The second-order valence-electron chi connectivity index (χ2n) is 5.77. The lowest BCUT2D eigenvalue weighted by Crippen LogP contribution is -2.43. The Balaban J connectivity index is 1.59. The molecule has 2 N–H and O–H groups in total. The lowest BCUT2D eigenvalue weighted by atomic mass is 10.0. The summed E-state index contributed by atoms with van der Waals surface area (Å²) in [5.74, 6) is 0. The fourth-order valence-electron chi connectivity index (χ4n) is 2.86. The average molecular weight is 298 g/mol. The predicted octanol–water partition coefficient (Wildman–Crippen LogP) is 2.55. The van der Waals surface area contributed by atoms with Crippen LogP contribution in [0.5, 0.6) is 0 Å². The number of urea groups is 1. The quantitative estimate of drug-likeness (QED) is 0.861. The Hall–Kier alpha value is -2.07. The molecule has 0 radical (unpaired) electrons. The minimum Gasteiger partial charge on any atom is -0.395 e. The fraction of sp³-hybridized carbons (Fsp3) is 0.389. The van der Waals surface area contributed by atoms with Gasteiger partial charge in [-0.25, -0.2) is 4.79 Å². The first-order chi connectivity index (χ1) is 10.8. The highest BCUT2D eigenvalue weighted by atomic mass is 16.3. The van der Waals surface area contributed by atoms with E-state index in [0.717, 1.165) is 19.3 Å². The topological polar surface area (TPSA) is 52.6 Å². The van der Waals surface area contributed by atoms with Crippen LogP contribution in [0, 0.1) is 0 Å². The Bertz CT molecular complexity index is 647. The molecule has 3 rings (SSSR count). The molecule has 4 nitrogen and oxygen atoms in total. The van der Waals surface area contributed by atoms with Crippen LogP contribution in [0.3, 0.4) is 0 Å². The number of carbonyl (C=O) groups is 1. The summed E-state index contributed by atoms with van der Waals surface area (Å²) < 4.78 is 0. The summed E-state index contributed by atoms with van der Waals surface area (Å²) in [5.41, 5.74) is 1.25. The van der Waals surface area contributed by atoms with Gasteiger partial charge in [0, 0.05) is 19.1 Å². The van der Waals surface area contributed by atoms with Crippen molar-refractivity contribution in [2.75, 3.05) is 19.7 Å². The van der Waals surface area contributed by atoms with E-state index >= 15 is 0 Å². The molecule has 4 heteroatoms. The second kappa shape index (κ2) is 6.79. The monoisotopic (exact) mass is 298 g/mol. The Morgan fingerprint density at radius 3 is 2.73 bits per heavy atom. The Kier molecular flexibility index (Phi) is 4.59. The molecule has 1 fully saturated rings. The van der Waals surface area contributed by atoms with E-state index in [-0.39, 0.29) is 12.6 Å². The zero-order valence-electron chi connectivity index (χ0n) is 12.7. The van der Waals surface area contributed by atoms with E-state index in [0.29, 0.717) is 19.1 Å². The Morgan fingerprint density at radius 1 is 1.18 bits per heavy atom. The van der Waals surface area contributed by atoms with Crippen LogP contribution in [-0.2, 0) is 6.42 Å². The van der Waals surface area contributed by atoms with Gasteiger partial charge >= 0.3 is 6.03 Å². The average Bonchev–Trinajstić information content (AvgIpc) is 3.37. The molecule has 0 heterocycles. The number of hydrogen-bond donors (Lipinski definition) is 2. The summed E-state index contributed by atoms with van der Waals surface area (Å²) in [6.07, 6.45) is 2.91. The largest absolute Gasteiger partial charge is 0.395 e. The van der Waals surface area contributed by atoms with Gasteiger partial charge < -0.3 is 15.3 Å². The molecule has 0 saturated heterocycles. The minimum atomic E-state index is -0.0585. The maximum absolute atomic E-state index is 12.2. The summed E-state index contributed by atoms with van der Waals surface area (Å²) in [7, 11) is 0. The van der Waals surface area contributed by atoms with E-state index in [1.54, 1.807) is 4.90 Å². The minimum absolute atomic E-state index is 0.0211. The molecule has 116 valence electrons. The first-order valence-electron chi connectivity index (χ1n) is 7.91. The summed E-state index contributed by atoms with van der Waals surface area (Å²) in [6.45, 7) is 1.06. The highest BCUT2D eigenvalue weighted by molar-refractivity contribution is 5.85. The van der Waals surface area contributed by atoms with Gasteiger partial charge in [-0.3, -0.25) is 0 Å². The number of carbonyl (C=O) groups excluding carboxylic acids is 1. The van der Waals surface area contributed by atoms with Crippen molar-refractivity contribution in [3.05, 3.63) is 48.0 Å². The van der Waals surface area contributed by atoms with E-state index in [2.05, 4.69) is 35.6 Å². The Morgan fingerprint density at radius 2 is 1.95 bits per heavy atom. The van der Waals surface area contributed by atoms with Gasteiger partial charge in [0.15, 0.2) is 0 Å². The second-order valence-corrected chi connectivity index (χ2v) is 5.77. The van der Waals surface area contributed by atoms with Gasteiger partial charge in [0.05, 0.1) is 6.61 Å². The first kappa shape index (κ1) is 14.9. The van der Waals surface area contributed by atoms with Gasteiger partial charge in [0.1, 0.15) is 0 Å². The maximum Gasteiger partial charge on any atom is 0.317 e. The molecule has 2 amide bonds. The molecule has 22 heavy (non-hydrogen) atoms. The number of aliphatic hydroxyl groups is 1. The van der Waals surface area contributed by atoms with Crippen molar-refractivity contribution in [2.45, 2.75) is 25.3 Å². The number of fused-ring (bicyclic) bond motifs is 1. The van der Waals surface area contributed by atoms with Gasteiger partial charge in [-0.15, -0.1) is 0 Å². The van der Waals surface area contributed by atoms with Crippen LogP contribution in [-0.4, -0.2) is 41.8 Å². The smallest absolute Gasteiger partial charge is 0.317 e. The predicted molar refractivity (Wildman–Crippen MR) is 87.9 cm³/mol. The Labute approximate surface area is 130 Å². The van der Waals surface area contributed by atoms with Crippen LogP contribution >= 0.6 is 0 Å². The van der Waals surface area contributed by atoms with E-state index in [1.165, 1.54) is 16.3 Å². The van der Waals surface area contributed by atoms with Crippen LogP contribution in [0.25, 0.3) is 10.8 Å². The SMILES string of the molecule is O=C(NCCc1cccc2ccccc12)N(CCO)C1CC1. The molecule has 0 aliphatic heterocycles. The first-order valence-corrected chi connectivity index (χ1v) is 7.91. The highest BCUT2D eigenvalue weighted by Crippen LogP contribution is 2.26. The fourth-order valence-corrected chi connectivity index (χ4v) is 2.86. The van der Waals surface area contributed by atoms with E-state index < -0.39 is 0 Å². The summed E-state index contributed by atoms with van der Waals surface area (Å²) >= 11 is 0. The molecule has 0 bridgehead atoms. The van der Waals surface area contributed by atoms with Crippen LogP contribution in [0.15, 0.2) is 42.5 Å². The number of nitrogens with zero attached hydrogens (tertiary/aromatic N) is 1. The zero-order valence-corrected chi connectivity index (χ0v) is 12.7. The number of rotatable bonds is 6. The van der Waals surface area contributed by atoms with Gasteiger partial charge in [-0.1, -0.05) is 42.5 Å². The van der Waals surface area contributed by atoms with Crippen LogP contribution in [0.1, 0.15) is 18.4 Å². The van der Waals surface area contributed by atoms with Crippen LogP contribution in [0.2, 0.25) is 0 Å². The molecule has 0 atom stereocenters. The van der Waals surface area contributed by atoms with E-state index in [9.17, 15) is 4.79 Å². The van der Waals surface area contributed by atoms with Crippen molar-refractivity contribution in [3.63, 3.8) is 0 Å². The molecule has 1 aliphatic rings. The van der Waals surface area contributed by atoms with Crippen molar-refractivity contribution in [1.29, 1.82) is 0 Å². The number of nitrogens with one attached hydrogen (secondary N) is 1. The normalized spacial score (nSPS) is 14.0. The van der Waals surface area contributed by atoms with E-state index in [4.69, 9.17) is 5.11 Å². The van der Waals surface area contributed by atoms with Crippen molar-refractivity contribution in [2.24, 2.45) is 0 Å². The molecule has 0 aromatic heterocycles. The third-order valence-corrected chi connectivity index (χ3v) is 4.14. The molecule has 2 aromatic rings. The molecule has 1 aliphatic carbocycles. The third kappa shape index (κ3) is 3.39. The number of amides is 2. The lowest BCUT2D eigenvalue weighted by Gasteiger charge is -2.21. The number of benzene rings is 2. The number of hydrogen-bond acceptors (Lipinski definition) is 2. The molecule has 1 saturated carbocycles.